The van der Waals surface area contributed by atoms with E-state index in [0.717, 1.165) is 42.4 Å². The summed E-state index contributed by atoms with van der Waals surface area (Å²) < 4.78 is 5.26. The Morgan fingerprint density at radius 2 is 1.47 bits per heavy atom. The highest BCUT2D eigenvalue weighted by molar-refractivity contribution is 5.81. The van der Waals surface area contributed by atoms with Gasteiger partial charge in [-0.25, -0.2) is 4.79 Å². The number of benzene rings is 1. The first kappa shape index (κ1) is 29.1. The molecule has 0 radical (unpaired) electrons. The third kappa shape index (κ3) is 8.57. The minimum atomic E-state index is -0.364. The van der Waals surface area contributed by atoms with Gasteiger partial charge in [-0.3, -0.25) is 0 Å². The summed E-state index contributed by atoms with van der Waals surface area (Å²) in [5.41, 5.74) is 3.95. The van der Waals surface area contributed by atoms with Crippen LogP contribution in [0.1, 0.15) is 113 Å². The van der Waals surface area contributed by atoms with Crippen LogP contribution in [0.25, 0.3) is 0 Å². The van der Waals surface area contributed by atoms with Crippen LogP contribution in [0.15, 0.2) is 43.0 Å². The average molecular weight is 521 g/mol. The average Bonchev–Trinajstić information content (AvgIpc) is 2.96. The number of hydrogen-bond acceptors (Lipinski definition) is 3. The molecular formula is C35H52O3. The van der Waals surface area contributed by atoms with Gasteiger partial charge in [-0.05, 0) is 129 Å². The molecule has 210 valence electrons. The highest BCUT2D eigenvalue weighted by Crippen LogP contribution is 2.42. The molecule has 0 bridgehead atoms. The Balaban J connectivity index is 1.24. The molecule has 1 aromatic carbocycles. The van der Waals surface area contributed by atoms with E-state index in [9.17, 15) is 9.90 Å². The van der Waals surface area contributed by atoms with Crippen molar-refractivity contribution in [3.63, 3.8) is 0 Å². The van der Waals surface area contributed by atoms with Gasteiger partial charge in [-0.15, -0.1) is 0 Å². The van der Waals surface area contributed by atoms with Gasteiger partial charge in [0.1, 0.15) is 0 Å². The van der Waals surface area contributed by atoms with Crippen LogP contribution in [0.2, 0.25) is 0 Å². The number of carbonyl (C=O) groups is 1. The fourth-order valence-corrected chi connectivity index (χ4v) is 7.49. The molecule has 0 spiro atoms. The Morgan fingerprint density at radius 1 is 0.868 bits per heavy atom. The van der Waals surface area contributed by atoms with Gasteiger partial charge in [0.25, 0.3) is 0 Å². The van der Waals surface area contributed by atoms with Crippen LogP contribution in [0.5, 0.6) is 0 Å². The lowest BCUT2D eigenvalue weighted by molar-refractivity contribution is -0.137. The largest absolute Gasteiger partial charge is 0.462 e. The normalized spacial score (nSPS) is 30.3. The second kappa shape index (κ2) is 15.1. The van der Waals surface area contributed by atoms with Crippen molar-refractivity contribution in [2.45, 2.75) is 109 Å². The zero-order valence-corrected chi connectivity index (χ0v) is 23.9. The molecule has 1 N–H and O–H groups in total. The van der Waals surface area contributed by atoms with Crippen molar-refractivity contribution < 1.29 is 14.6 Å². The predicted molar refractivity (Wildman–Crippen MR) is 157 cm³/mol. The Kier molecular flexibility index (Phi) is 11.5. The summed E-state index contributed by atoms with van der Waals surface area (Å²) in [6, 6.07) is 6.89. The SMILES string of the molecule is C=CC(=O)OCCc1cc(C2CCC(/C=C/C3CCC(C4CCC(C)CC4)CC3)CC2)ccc1CCCO. The number of ether oxygens (including phenoxy) is 1. The highest BCUT2D eigenvalue weighted by Gasteiger charge is 2.29. The fraction of sp³-hybridized carbons (Fsp3) is 0.686. The molecule has 0 aromatic heterocycles. The van der Waals surface area contributed by atoms with Crippen molar-refractivity contribution in [2.75, 3.05) is 13.2 Å². The molecule has 3 aliphatic rings. The number of aliphatic hydroxyl groups is 1. The molecule has 3 nitrogen and oxygen atoms in total. The molecule has 3 saturated carbocycles. The molecule has 3 fully saturated rings. The van der Waals surface area contributed by atoms with Gasteiger partial charge in [0.05, 0.1) is 6.61 Å². The van der Waals surface area contributed by atoms with Gasteiger partial charge in [-0.2, -0.15) is 0 Å². The van der Waals surface area contributed by atoms with E-state index < -0.39 is 0 Å². The summed E-state index contributed by atoms with van der Waals surface area (Å²) in [5.74, 6) is 4.81. The Labute approximate surface area is 232 Å². The van der Waals surface area contributed by atoms with E-state index in [1.165, 1.54) is 99.8 Å². The van der Waals surface area contributed by atoms with Crippen molar-refractivity contribution in [3.8, 4) is 0 Å². The maximum atomic E-state index is 11.5. The van der Waals surface area contributed by atoms with Crippen LogP contribution < -0.4 is 0 Å². The van der Waals surface area contributed by atoms with E-state index in [0.29, 0.717) is 18.9 Å². The van der Waals surface area contributed by atoms with Crippen molar-refractivity contribution >= 4 is 5.97 Å². The standard InChI is InChI=1S/C35H52O3/c1-3-35(37)38-24-22-34-25-33(21-20-29(34)5-4-23-36)32-18-12-28(13-19-32)9-8-27-10-16-31(17-11-27)30-14-6-26(2)7-15-30/h3,8-9,20-21,25-28,30-32,36H,1,4-7,10-19,22-24H2,2H3/b9-8+. The minimum absolute atomic E-state index is 0.200. The number of aliphatic hydroxyl groups excluding tert-OH is 1. The second-order valence-electron chi connectivity index (χ2n) is 12.7. The van der Waals surface area contributed by atoms with Crippen LogP contribution in [0.4, 0.5) is 0 Å². The number of carbonyl (C=O) groups excluding carboxylic acids is 1. The van der Waals surface area contributed by atoms with Crippen molar-refractivity contribution in [1.29, 1.82) is 0 Å². The molecule has 1 aromatic rings. The molecule has 38 heavy (non-hydrogen) atoms. The van der Waals surface area contributed by atoms with E-state index in [4.69, 9.17) is 4.74 Å². The first-order chi connectivity index (χ1) is 18.6. The monoisotopic (exact) mass is 520 g/mol. The summed E-state index contributed by atoms with van der Waals surface area (Å²) >= 11 is 0. The minimum Gasteiger partial charge on any atom is -0.462 e. The van der Waals surface area contributed by atoms with E-state index in [2.05, 4.69) is 43.9 Å². The molecule has 0 amide bonds. The molecule has 3 aliphatic carbocycles. The Bertz CT molecular complexity index is 894. The number of allylic oxidation sites excluding steroid dienone is 2. The number of hydrogen-bond donors (Lipinski definition) is 1. The second-order valence-corrected chi connectivity index (χ2v) is 12.7. The number of esters is 1. The van der Waals surface area contributed by atoms with Crippen LogP contribution in [-0.2, 0) is 22.4 Å². The summed E-state index contributed by atoms with van der Waals surface area (Å²) in [5, 5.41) is 9.30. The van der Waals surface area contributed by atoms with Gasteiger partial charge in [0, 0.05) is 19.1 Å². The molecule has 3 heteroatoms. The highest BCUT2D eigenvalue weighted by atomic mass is 16.5. The summed E-state index contributed by atoms with van der Waals surface area (Å²) in [7, 11) is 0. The molecule has 0 unspecified atom stereocenters. The first-order valence-corrected chi connectivity index (χ1v) is 15.8. The van der Waals surface area contributed by atoms with Gasteiger partial charge in [0.2, 0.25) is 0 Å². The summed E-state index contributed by atoms with van der Waals surface area (Å²) in [6.07, 6.45) is 25.5. The summed E-state index contributed by atoms with van der Waals surface area (Å²) in [6.45, 7) is 6.49. The molecule has 0 atom stereocenters. The van der Waals surface area contributed by atoms with E-state index in [1.807, 2.05) is 0 Å². The van der Waals surface area contributed by atoms with Crippen molar-refractivity contribution in [1.82, 2.24) is 0 Å². The molecule has 0 aliphatic heterocycles. The first-order valence-electron chi connectivity index (χ1n) is 15.8. The van der Waals surface area contributed by atoms with Crippen LogP contribution >= 0.6 is 0 Å². The van der Waals surface area contributed by atoms with Gasteiger partial charge >= 0.3 is 5.97 Å². The summed E-state index contributed by atoms with van der Waals surface area (Å²) in [4.78, 5) is 11.5. The third-order valence-corrected chi connectivity index (χ3v) is 10.1. The van der Waals surface area contributed by atoms with Crippen LogP contribution in [0.3, 0.4) is 0 Å². The fourth-order valence-electron chi connectivity index (χ4n) is 7.49. The van der Waals surface area contributed by atoms with Gasteiger partial charge in [0.15, 0.2) is 0 Å². The molecule has 0 saturated heterocycles. The topological polar surface area (TPSA) is 46.5 Å². The quantitative estimate of drug-likeness (QED) is 0.181. The number of rotatable bonds is 11. The Hall–Kier alpha value is -1.87. The lowest BCUT2D eigenvalue weighted by Crippen LogP contribution is -2.24. The van der Waals surface area contributed by atoms with E-state index in [-0.39, 0.29) is 12.6 Å². The molecule has 0 heterocycles. The van der Waals surface area contributed by atoms with Gasteiger partial charge in [-0.1, -0.05) is 56.7 Å². The van der Waals surface area contributed by atoms with Crippen molar-refractivity contribution in [3.05, 3.63) is 59.7 Å². The number of aryl methyl sites for hydroxylation is 1. The smallest absolute Gasteiger partial charge is 0.330 e. The Morgan fingerprint density at radius 3 is 2.08 bits per heavy atom. The lowest BCUT2D eigenvalue weighted by Gasteiger charge is -2.36. The predicted octanol–water partition coefficient (Wildman–Crippen LogP) is 8.35. The third-order valence-electron chi connectivity index (χ3n) is 10.1. The zero-order chi connectivity index (χ0) is 26.7. The van der Waals surface area contributed by atoms with Crippen LogP contribution in [0, 0.1) is 29.6 Å². The van der Waals surface area contributed by atoms with Crippen molar-refractivity contribution in [2.24, 2.45) is 29.6 Å². The lowest BCUT2D eigenvalue weighted by atomic mass is 9.69. The maximum Gasteiger partial charge on any atom is 0.330 e. The zero-order valence-electron chi connectivity index (χ0n) is 23.9. The molecular weight excluding hydrogens is 468 g/mol. The maximum absolute atomic E-state index is 11.5. The van der Waals surface area contributed by atoms with E-state index in [1.54, 1.807) is 0 Å². The molecule has 4 rings (SSSR count). The van der Waals surface area contributed by atoms with E-state index >= 15 is 0 Å². The van der Waals surface area contributed by atoms with Gasteiger partial charge < -0.3 is 9.84 Å². The van der Waals surface area contributed by atoms with Crippen LogP contribution in [-0.4, -0.2) is 24.3 Å².